The number of benzene rings is 1. The highest BCUT2D eigenvalue weighted by atomic mass is 16.3. The van der Waals surface area contributed by atoms with E-state index in [1.54, 1.807) is 6.26 Å². The third-order valence-electron chi connectivity index (χ3n) is 4.56. The third-order valence-corrected chi connectivity index (χ3v) is 4.56. The molecule has 3 rings (SSSR count). The monoisotopic (exact) mass is 355 g/mol. The van der Waals surface area contributed by atoms with Crippen molar-refractivity contribution in [2.24, 2.45) is 0 Å². The molecule has 0 atom stereocenters. The number of carbonyl (C=O) groups excluding carboxylic acids is 2. The summed E-state index contributed by atoms with van der Waals surface area (Å²) in [5.74, 6) is 0.887. The Morgan fingerprint density at radius 3 is 2.50 bits per heavy atom. The van der Waals surface area contributed by atoms with Crippen molar-refractivity contribution in [3.8, 4) is 0 Å². The van der Waals surface area contributed by atoms with Crippen LogP contribution in [0.15, 0.2) is 53.1 Å². The number of hydrogen-bond donors (Lipinski definition) is 2. The Kier molecular flexibility index (Phi) is 6.44. The largest absolute Gasteiger partial charge is 0.469 e. The van der Waals surface area contributed by atoms with Gasteiger partial charge in [0.2, 0.25) is 11.8 Å². The number of aryl methyl sites for hydroxylation is 1. The number of para-hydroxylation sites is 1. The van der Waals surface area contributed by atoms with E-state index in [1.807, 2.05) is 42.5 Å². The van der Waals surface area contributed by atoms with Crippen LogP contribution in [-0.2, 0) is 16.0 Å². The van der Waals surface area contributed by atoms with E-state index in [2.05, 4.69) is 15.5 Å². The molecule has 138 valence electrons. The predicted octanol–water partition coefficient (Wildman–Crippen LogP) is 2.43. The molecule has 1 saturated heterocycles. The molecule has 0 bridgehead atoms. The molecule has 2 N–H and O–H groups in total. The lowest BCUT2D eigenvalue weighted by Crippen LogP contribution is -2.46. The average Bonchev–Trinajstić information content (AvgIpc) is 3.16. The van der Waals surface area contributed by atoms with Crippen LogP contribution in [-0.4, -0.2) is 42.4 Å². The van der Waals surface area contributed by atoms with Gasteiger partial charge in [-0.05, 0) is 37.1 Å². The van der Waals surface area contributed by atoms with Crippen LogP contribution in [0.3, 0.4) is 0 Å². The summed E-state index contributed by atoms with van der Waals surface area (Å²) in [4.78, 5) is 26.3. The molecule has 0 saturated carbocycles. The van der Waals surface area contributed by atoms with E-state index in [0.717, 1.165) is 37.4 Å². The zero-order chi connectivity index (χ0) is 18.2. The van der Waals surface area contributed by atoms with Crippen molar-refractivity contribution in [2.45, 2.75) is 31.7 Å². The maximum atomic E-state index is 12.1. The molecule has 0 aliphatic carbocycles. The van der Waals surface area contributed by atoms with Crippen molar-refractivity contribution in [3.05, 3.63) is 54.5 Å². The minimum absolute atomic E-state index is 0.00265. The Balaban J connectivity index is 1.33. The number of furan rings is 1. The predicted molar refractivity (Wildman–Crippen MR) is 99.7 cm³/mol. The zero-order valence-electron chi connectivity index (χ0n) is 14.8. The summed E-state index contributed by atoms with van der Waals surface area (Å²) in [7, 11) is 0. The first-order valence-electron chi connectivity index (χ1n) is 9.08. The van der Waals surface area contributed by atoms with Crippen LogP contribution in [0.5, 0.6) is 0 Å². The summed E-state index contributed by atoms with van der Waals surface area (Å²) in [6, 6.07) is 13.4. The van der Waals surface area contributed by atoms with Crippen LogP contribution < -0.4 is 10.6 Å². The number of nitrogens with zero attached hydrogens (tertiary/aromatic N) is 1. The molecule has 2 amide bonds. The molecule has 1 aliphatic heterocycles. The van der Waals surface area contributed by atoms with Gasteiger partial charge >= 0.3 is 0 Å². The van der Waals surface area contributed by atoms with Gasteiger partial charge in [0.15, 0.2) is 0 Å². The molecule has 1 fully saturated rings. The Bertz CT molecular complexity index is 692. The van der Waals surface area contributed by atoms with Crippen LogP contribution >= 0.6 is 0 Å². The fourth-order valence-corrected chi connectivity index (χ4v) is 3.15. The first-order chi connectivity index (χ1) is 12.7. The Morgan fingerprint density at radius 2 is 1.81 bits per heavy atom. The highest BCUT2D eigenvalue weighted by molar-refractivity contribution is 5.92. The third kappa shape index (κ3) is 5.74. The van der Waals surface area contributed by atoms with E-state index in [4.69, 9.17) is 4.42 Å². The van der Waals surface area contributed by atoms with E-state index in [9.17, 15) is 9.59 Å². The normalized spacial score (nSPS) is 15.5. The summed E-state index contributed by atoms with van der Waals surface area (Å²) in [6.07, 6.45) is 4.41. The Hall–Kier alpha value is -2.60. The molecule has 0 radical (unpaired) electrons. The fraction of sp³-hybridized carbons (Fsp3) is 0.400. The second-order valence-corrected chi connectivity index (χ2v) is 6.61. The Labute approximate surface area is 153 Å². The van der Waals surface area contributed by atoms with Crippen LogP contribution in [0.25, 0.3) is 0 Å². The number of piperidine rings is 1. The number of likely N-dealkylation sites (tertiary alicyclic amines) is 1. The SMILES string of the molecule is O=C(CN1CCC(NC(=O)CCc2ccco2)CC1)Nc1ccccc1. The van der Waals surface area contributed by atoms with Crippen LogP contribution in [0.4, 0.5) is 5.69 Å². The van der Waals surface area contributed by atoms with Crippen LogP contribution in [0.2, 0.25) is 0 Å². The number of nitrogens with one attached hydrogen (secondary N) is 2. The first kappa shape index (κ1) is 18.2. The molecule has 26 heavy (non-hydrogen) atoms. The number of hydrogen-bond acceptors (Lipinski definition) is 4. The lowest BCUT2D eigenvalue weighted by atomic mass is 10.0. The minimum Gasteiger partial charge on any atom is -0.469 e. The molecule has 2 heterocycles. The van der Waals surface area contributed by atoms with E-state index < -0.39 is 0 Å². The highest BCUT2D eigenvalue weighted by Gasteiger charge is 2.22. The smallest absolute Gasteiger partial charge is 0.238 e. The fourth-order valence-electron chi connectivity index (χ4n) is 3.15. The van der Waals surface area contributed by atoms with Crippen molar-refractivity contribution in [2.75, 3.05) is 25.0 Å². The van der Waals surface area contributed by atoms with Crippen molar-refractivity contribution < 1.29 is 14.0 Å². The van der Waals surface area contributed by atoms with Gasteiger partial charge in [-0.2, -0.15) is 0 Å². The molecule has 1 aromatic carbocycles. The van der Waals surface area contributed by atoms with Gasteiger partial charge in [0.05, 0.1) is 12.8 Å². The molecule has 0 spiro atoms. The van der Waals surface area contributed by atoms with E-state index >= 15 is 0 Å². The van der Waals surface area contributed by atoms with E-state index in [0.29, 0.717) is 19.4 Å². The highest BCUT2D eigenvalue weighted by Crippen LogP contribution is 2.12. The molecular formula is C20H25N3O3. The number of carbonyl (C=O) groups is 2. The molecule has 1 aromatic heterocycles. The van der Waals surface area contributed by atoms with Crippen molar-refractivity contribution in [1.29, 1.82) is 0 Å². The van der Waals surface area contributed by atoms with Gasteiger partial charge in [0.1, 0.15) is 5.76 Å². The second-order valence-electron chi connectivity index (χ2n) is 6.61. The van der Waals surface area contributed by atoms with Crippen LogP contribution in [0, 0.1) is 0 Å². The zero-order valence-corrected chi connectivity index (χ0v) is 14.8. The maximum absolute atomic E-state index is 12.1. The van der Waals surface area contributed by atoms with E-state index in [-0.39, 0.29) is 17.9 Å². The topological polar surface area (TPSA) is 74.6 Å². The van der Waals surface area contributed by atoms with Crippen LogP contribution in [0.1, 0.15) is 25.0 Å². The van der Waals surface area contributed by atoms with Crippen molar-refractivity contribution in [3.63, 3.8) is 0 Å². The van der Waals surface area contributed by atoms with Gasteiger partial charge in [-0.25, -0.2) is 0 Å². The van der Waals surface area contributed by atoms with Gasteiger partial charge in [-0.15, -0.1) is 0 Å². The standard InChI is InChI=1S/C20H25N3O3/c24-19(9-8-18-7-4-14-26-18)21-17-10-12-23(13-11-17)15-20(25)22-16-5-2-1-3-6-16/h1-7,14,17H,8-13,15H2,(H,21,24)(H,22,25). The summed E-state index contributed by atoms with van der Waals surface area (Å²) in [6.45, 7) is 2.00. The number of anilines is 1. The maximum Gasteiger partial charge on any atom is 0.238 e. The molecule has 6 heteroatoms. The molecular weight excluding hydrogens is 330 g/mol. The van der Waals surface area contributed by atoms with Gasteiger partial charge in [0.25, 0.3) is 0 Å². The lowest BCUT2D eigenvalue weighted by Gasteiger charge is -2.31. The minimum atomic E-state index is -0.00265. The molecule has 0 unspecified atom stereocenters. The molecule has 6 nitrogen and oxygen atoms in total. The van der Waals surface area contributed by atoms with Crippen molar-refractivity contribution >= 4 is 17.5 Å². The number of amides is 2. The lowest BCUT2D eigenvalue weighted by molar-refractivity contribution is -0.122. The number of rotatable bonds is 7. The van der Waals surface area contributed by atoms with Gasteiger partial charge in [-0.3, -0.25) is 14.5 Å². The Morgan fingerprint density at radius 1 is 1.04 bits per heavy atom. The average molecular weight is 355 g/mol. The quantitative estimate of drug-likeness (QED) is 0.800. The summed E-state index contributed by atoms with van der Waals surface area (Å²) in [5.41, 5.74) is 0.816. The van der Waals surface area contributed by atoms with Gasteiger partial charge in [0, 0.05) is 37.7 Å². The second kappa shape index (κ2) is 9.20. The summed E-state index contributed by atoms with van der Waals surface area (Å²) < 4.78 is 5.24. The van der Waals surface area contributed by atoms with Crippen molar-refractivity contribution in [1.82, 2.24) is 10.2 Å². The molecule has 1 aliphatic rings. The molecule has 2 aromatic rings. The van der Waals surface area contributed by atoms with Gasteiger partial charge in [-0.1, -0.05) is 18.2 Å². The van der Waals surface area contributed by atoms with E-state index in [1.165, 1.54) is 0 Å². The summed E-state index contributed by atoms with van der Waals surface area (Å²) >= 11 is 0. The summed E-state index contributed by atoms with van der Waals surface area (Å²) in [5, 5.41) is 5.99. The van der Waals surface area contributed by atoms with Gasteiger partial charge < -0.3 is 15.1 Å². The first-order valence-corrected chi connectivity index (χ1v) is 9.08.